The highest BCUT2D eigenvalue weighted by molar-refractivity contribution is 5.16. The molecular formula is C20H31NO. The Balaban J connectivity index is 1.62. The third kappa shape index (κ3) is 4.57. The topological polar surface area (TPSA) is 32.3 Å². The Morgan fingerprint density at radius 2 is 1.59 bits per heavy atom. The molecule has 1 aromatic rings. The zero-order valence-electron chi connectivity index (χ0n) is 13.7. The lowest BCUT2D eigenvalue weighted by atomic mass is 9.80. The van der Waals surface area contributed by atoms with Gasteiger partial charge in [-0.05, 0) is 56.4 Å². The molecule has 0 bridgehead atoms. The summed E-state index contributed by atoms with van der Waals surface area (Å²) in [7, 11) is 0. The molecule has 2 heteroatoms. The molecular weight excluding hydrogens is 270 g/mol. The Kier molecular flexibility index (Phi) is 5.91. The van der Waals surface area contributed by atoms with Crippen LogP contribution in [0.3, 0.4) is 0 Å². The van der Waals surface area contributed by atoms with Gasteiger partial charge in [-0.1, -0.05) is 49.6 Å². The SMILES string of the molecule is OC1CCC(N[C@@H](Cc2ccccc2)C2CCCCC2)CC1. The van der Waals surface area contributed by atoms with Gasteiger partial charge in [-0.15, -0.1) is 0 Å². The van der Waals surface area contributed by atoms with Crippen molar-refractivity contribution < 1.29 is 5.11 Å². The molecule has 2 nitrogen and oxygen atoms in total. The fraction of sp³-hybridized carbons (Fsp3) is 0.700. The zero-order valence-corrected chi connectivity index (χ0v) is 13.7. The normalized spacial score (nSPS) is 28.4. The first-order chi connectivity index (χ1) is 10.8. The van der Waals surface area contributed by atoms with E-state index < -0.39 is 0 Å². The third-order valence-corrected chi connectivity index (χ3v) is 5.66. The Morgan fingerprint density at radius 3 is 2.27 bits per heavy atom. The van der Waals surface area contributed by atoms with E-state index in [0.29, 0.717) is 12.1 Å². The van der Waals surface area contributed by atoms with E-state index in [4.69, 9.17) is 0 Å². The van der Waals surface area contributed by atoms with Crippen molar-refractivity contribution in [3.63, 3.8) is 0 Å². The fourth-order valence-corrected chi connectivity index (χ4v) is 4.31. The molecule has 0 amide bonds. The first-order valence-electron chi connectivity index (χ1n) is 9.29. The van der Waals surface area contributed by atoms with Gasteiger partial charge in [-0.2, -0.15) is 0 Å². The van der Waals surface area contributed by atoms with E-state index >= 15 is 0 Å². The molecule has 2 aliphatic rings. The number of rotatable bonds is 5. The predicted octanol–water partition coefficient (Wildman–Crippen LogP) is 4.07. The summed E-state index contributed by atoms with van der Waals surface area (Å²) in [6.45, 7) is 0. The molecule has 22 heavy (non-hydrogen) atoms. The number of aliphatic hydroxyl groups is 1. The van der Waals surface area contributed by atoms with E-state index in [-0.39, 0.29) is 6.10 Å². The second-order valence-electron chi connectivity index (χ2n) is 7.37. The van der Waals surface area contributed by atoms with Crippen molar-refractivity contribution >= 4 is 0 Å². The summed E-state index contributed by atoms with van der Waals surface area (Å²) in [4.78, 5) is 0. The lowest BCUT2D eigenvalue weighted by Crippen LogP contribution is -2.46. The van der Waals surface area contributed by atoms with Gasteiger partial charge in [-0.3, -0.25) is 0 Å². The van der Waals surface area contributed by atoms with Gasteiger partial charge in [0.1, 0.15) is 0 Å². The van der Waals surface area contributed by atoms with E-state index in [0.717, 1.165) is 38.0 Å². The predicted molar refractivity (Wildman–Crippen MR) is 91.9 cm³/mol. The molecule has 2 fully saturated rings. The Labute approximate surface area is 135 Å². The zero-order chi connectivity index (χ0) is 15.2. The third-order valence-electron chi connectivity index (χ3n) is 5.66. The fourth-order valence-electron chi connectivity index (χ4n) is 4.31. The molecule has 0 aliphatic heterocycles. The van der Waals surface area contributed by atoms with Crippen molar-refractivity contribution in [1.82, 2.24) is 5.32 Å². The van der Waals surface area contributed by atoms with Crippen molar-refractivity contribution in [1.29, 1.82) is 0 Å². The molecule has 2 N–H and O–H groups in total. The highest BCUT2D eigenvalue weighted by Gasteiger charge is 2.27. The standard InChI is InChI=1S/C20H31NO/c22-19-13-11-18(12-14-19)21-20(17-9-5-2-6-10-17)15-16-7-3-1-4-8-16/h1,3-4,7-8,17-22H,2,5-6,9-15H2/t18?,19?,20-/m0/s1. The van der Waals surface area contributed by atoms with Gasteiger partial charge in [0.05, 0.1) is 6.10 Å². The number of nitrogens with one attached hydrogen (secondary N) is 1. The van der Waals surface area contributed by atoms with Crippen LogP contribution in [0.25, 0.3) is 0 Å². The highest BCUT2D eigenvalue weighted by Crippen LogP contribution is 2.29. The Morgan fingerprint density at radius 1 is 0.909 bits per heavy atom. The van der Waals surface area contributed by atoms with E-state index in [2.05, 4.69) is 35.6 Å². The largest absolute Gasteiger partial charge is 0.393 e. The maximum atomic E-state index is 9.72. The lowest BCUT2D eigenvalue weighted by molar-refractivity contribution is 0.109. The number of aliphatic hydroxyl groups excluding tert-OH is 1. The average Bonchev–Trinajstić information content (AvgIpc) is 2.58. The summed E-state index contributed by atoms with van der Waals surface area (Å²) in [6, 6.07) is 12.2. The second-order valence-corrected chi connectivity index (χ2v) is 7.37. The minimum Gasteiger partial charge on any atom is -0.393 e. The van der Waals surface area contributed by atoms with Gasteiger partial charge in [-0.25, -0.2) is 0 Å². The van der Waals surface area contributed by atoms with Crippen LogP contribution in [0.1, 0.15) is 63.4 Å². The van der Waals surface area contributed by atoms with Crippen LogP contribution in [-0.2, 0) is 6.42 Å². The number of hydrogen-bond acceptors (Lipinski definition) is 2. The molecule has 1 aromatic carbocycles. The van der Waals surface area contributed by atoms with Crippen LogP contribution in [0.2, 0.25) is 0 Å². The molecule has 1 atom stereocenters. The average molecular weight is 301 g/mol. The van der Waals surface area contributed by atoms with Crippen LogP contribution in [0.4, 0.5) is 0 Å². The monoisotopic (exact) mass is 301 g/mol. The second kappa shape index (κ2) is 8.12. The summed E-state index contributed by atoms with van der Waals surface area (Å²) >= 11 is 0. The molecule has 0 radical (unpaired) electrons. The van der Waals surface area contributed by atoms with Gasteiger partial charge in [0.25, 0.3) is 0 Å². The molecule has 3 rings (SSSR count). The maximum absolute atomic E-state index is 9.72. The Hall–Kier alpha value is -0.860. The van der Waals surface area contributed by atoms with E-state index in [1.165, 1.54) is 37.7 Å². The first kappa shape index (κ1) is 16.0. The van der Waals surface area contributed by atoms with Crippen molar-refractivity contribution in [3.8, 4) is 0 Å². The molecule has 0 heterocycles. The smallest absolute Gasteiger partial charge is 0.0541 e. The highest BCUT2D eigenvalue weighted by atomic mass is 16.3. The molecule has 2 saturated carbocycles. The van der Waals surface area contributed by atoms with E-state index in [1.54, 1.807) is 0 Å². The summed E-state index contributed by atoms with van der Waals surface area (Å²) in [5.74, 6) is 0.834. The molecule has 122 valence electrons. The van der Waals surface area contributed by atoms with Crippen molar-refractivity contribution in [2.45, 2.75) is 82.4 Å². The van der Waals surface area contributed by atoms with Gasteiger partial charge < -0.3 is 10.4 Å². The van der Waals surface area contributed by atoms with Crippen LogP contribution in [0.5, 0.6) is 0 Å². The van der Waals surface area contributed by atoms with Crippen molar-refractivity contribution in [2.24, 2.45) is 5.92 Å². The number of benzene rings is 1. The van der Waals surface area contributed by atoms with Crippen molar-refractivity contribution in [3.05, 3.63) is 35.9 Å². The molecule has 0 saturated heterocycles. The molecule has 0 aromatic heterocycles. The first-order valence-corrected chi connectivity index (χ1v) is 9.29. The van der Waals surface area contributed by atoms with Crippen molar-refractivity contribution in [2.75, 3.05) is 0 Å². The molecule has 2 aliphatic carbocycles. The van der Waals surface area contributed by atoms with Crippen LogP contribution >= 0.6 is 0 Å². The van der Waals surface area contributed by atoms with E-state index in [1.807, 2.05) is 0 Å². The molecule has 0 spiro atoms. The van der Waals surface area contributed by atoms with Crippen LogP contribution < -0.4 is 5.32 Å². The van der Waals surface area contributed by atoms with Gasteiger partial charge in [0, 0.05) is 12.1 Å². The Bertz CT molecular complexity index is 419. The summed E-state index contributed by atoms with van der Waals surface area (Å²) < 4.78 is 0. The lowest BCUT2D eigenvalue weighted by Gasteiger charge is -2.36. The van der Waals surface area contributed by atoms with Gasteiger partial charge in [0.2, 0.25) is 0 Å². The minimum atomic E-state index is -0.0553. The van der Waals surface area contributed by atoms with Crippen LogP contribution in [-0.4, -0.2) is 23.3 Å². The van der Waals surface area contributed by atoms with Gasteiger partial charge >= 0.3 is 0 Å². The van der Waals surface area contributed by atoms with Gasteiger partial charge in [0.15, 0.2) is 0 Å². The van der Waals surface area contributed by atoms with E-state index in [9.17, 15) is 5.11 Å². The van der Waals surface area contributed by atoms with Crippen LogP contribution in [0.15, 0.2) is 30.3 Å². The minimum absolute atomic E-state index is 0.0553. The number of hydrogen-bond donors (Lipinski definition) is 2. The van der Waals surface area contributed by atoms with Crippen LogP contribution in [0, 0.1) is 5.92 Å². The maximum Gasteiger partial charge on any atom is 0.0541 e. The summed E-state index contributed by atoms with van der Waals surface area (Å²) in [6.07, 6.45) is 12.3. The summed E-state index contributed by atoms with van der Waals surface area (Å²) in [5.41, 5.74) is 1.46. The quantitative estimate of drug-likeness (QED) is 0.859. The molecule has 0 unspecified atom stereocenters. The summed E-state index contributed by atoms with van der Waals surface area (Å²) in [5, 5.41) is 13.7.